The number of amides is 2. The number of hydrogen-bond donors (Lipinski definition) is 2. The maximum absolute atomic E-state index is 11.9. The first-order valence-electron chi connectivity index (χ1n) is 7.14. The third-order valence-electron chi connectivity index (χ3n) is 3.44. The van der Waals surface area contributed by atoms with Crippen LogP contribution in [-0.2, 0) is 4.74 Å². The molecule has 1 aromatic carbocycles. The van der Waals surface area contributed by atoms with Crippen molar-refractivity contribution in [2.75, 3.05) is 39.8 Å². The standard InChI is InChI=1S/C15H22N2O5/c1-19-12-7-10(8-13(20-2)14(12)21-3)17-15(18)16-9-11-5-4-6-22-11/h7-8,11H,4-6,9H2,1-3H3,(H2,16,17,18)/t11-/m1/s1. The largest absolute Gasteiger partial charge is 0.493 e. The highest BCUT2D eigenvalue weighted by Crippen LogP contribution is 2.39. The molecule has 1 atom stereocenters. The molecule has 1 fully saturated rings. The summed E-state index contributed by atoms with van der Waals surface area (Å²) in [5.41, 5.74) is 0.555. The van der Waals surface area contributed by atoms with E-state index in [-0.39, 0.29) is 12.1 Å². The van der Waals surface area contributed by atoms with Gasteiger partial charge in [-0.2, -0.15) is 0 Å². The number of carbonyl (C=O) groups excluding carboxylic acids is 1. The van der Waals surface area contributed by atoms with E-state index in [1.807, 2.05) is 0 Å². The minimum Gasteiger partial charge on any atom is -0.493 e. The average Bonchev–Trinajstić information content (AvgIpc) is 3.05. The number of anilines is 1. The first kappa shape index (κ1) is 16.2. The maximum atomic E-state index is 11.9. The minimum atomic E-state index is -0.301. The van der Waals surface area contributed by atoms with Crippen molar-refractivity contribution in [2.24, 2.45) is 0 Å². The number of methoxy groups -OCH3 is 3. The van der Waals surface area contributed by atoms with E-state index in [1.165, 1.54) is 21.3 Å². The van der Waals surface area contributed by atoms with Crippen molar-refractivity contribution in [3.8, 4) is 17.2 Å². The number of nitrogens with one attached hydrogen (secondary N) is 2. The van der Waals surface area contributed by atoms with E-state index < -0.39 is 0 Å². The van der Waals surface area contributed by atoms with Gasteiger partial charge in [-0.15, -0.1) is 0 Å². The van der Waals surface area contributed by atoms with Crippen molar-refractivity contribution in [3.63, 3.8) is 0 Å². The lowest BCUT2D eigenvalue weighted by molar-refractivity contribution is 0.112. The molecule has 0 saturated carbocycles. The smallest absolute Gasteiger partial charge is 0.319 e. The molecule has 22 heavy (non-hydrogen) atoms. The molecule has 0 aromatic heterocycles. The van der Waals surface area contributed by atoms with Crippen LogP contribution in [0.1, 0.15) is 12.8 Å². The number of ether oxygens (including phenoxy) is 4. The summed E-state index contributed by atoms with van der Waals surface area (Å²) in [4.78, 5) is 11.9. The lowest BCUT2D eigenvalue weighted by Crippen LogP contribution is -2.35. The van der Waals surface area contributed by atoms with Crippen LogP contribution in [0.25, 0.3) is 0 Å². The molecule has 122 valence electrons. The van der Waals surface area contributed by atoms with Gasteiger partial charge in [0.1, 0.15) is 0 Å². The Kier molecular flexibility index (Phi) is 5.71. The van der Waals surface area contributed by atoms with Crippen LogP contribution in [-0.4, -0.2) is 46.6 Å². The molecule has 0 bridgehead atoms. The summed E-state index contributed by atoms with van der Waals surface area (Å²) in [6.45, 7) is 1.26. The fraction of sp³-hybridized carbons (Fsp3) is 0.533. The van der Waals surface area contributed by atoms with E-state index in [1.54, 1.807) is 12.1 Å². The Balaban J connectivity index is 2.00. The fourth-order valence-corrected chi connectivity index (χ4v) is 2.34. The first-order chi connectivity index (χ1) is 10.7. The van der Waals surface area contributed by atoms with Gasteiger partial charge in [0.25, 0.3) is 0 Å². The lowest BCUT2D eigenvalue weighted by atomic mass is 10.2. The van der Waals surface area contributed by atoms with Crippen molar-refractivity contribution < 1.29 is 23.7 Å². The van der Waals surface area contributed by atoms with Gasteiger partial charge < -0.3 is 29.6 Å². The molecule has 0 radical (unpaired) electrons. The molecular weight excluding hydrogens is 288 g/mol. The van der Waals surface area contributed by atoms with Crippen LogP contribution < -0.4 is 24.8 Å². The number of benzene rings is 1. The van der Waals surface area contributed by atoms with Crippen LogP contribution in [0.5, 0.6) is 17.2 Å². The van der Waals surface area contributed by atoms with Gasteiger partial charge in [0.2, 0.25) is 5.75 Å². The second-order valence-corrected chi connectivity index (χ2v) is 4.88. The summed E-state index contributed by atoms with van der Waals surface area (Å²) in [7, 11) is 4.58. The summed E-state index contributed by atoms with van der Waals surface area (Å²) in [6, 6.07) is 3.05. The molecule has 0 aliphatic carbocycles. The zero-order valence-corrected chi connectivity index (χ0v) is 13.1. The molecule has 1 aliphatic heterocycles. The molecule has 1 aliphatic rings. The first-order valence-corrected chi connectivity index (χ1v) is 7.14. The van der Waals surface area contributed by atoms with E-state index >= 15 is 0 Å². The Morgan fingerprint density at radius 1 is 1.23 bits per heavy atom. The highest BCUT2D eigenvalue weighted by molar-refractivity contribution is 5.90. The van der Waals surface area contributed by atoms with E-state index in [4.69, 9.17) is 18.9 Å². The molecule has 2 N–H and O–H groups in total. The number of carbonyl (C=O) groups is 1. The molecule has 1 saturated heterocycles. The molecule has 2 amide bonds. The highest BCUT2D eigenvalue weighted by Gasteiger charge is 2.17. The van der Waals surface area contributed by atoms with Gasteiger partial charge in [-0.25, -0.2) is 4.79 Å². The van der Waals surface area contributed by atoms with Crippen LogP contribution in [0, 0.1) is 0 Å². The average molecular weight is 310 g/mol. The third kappa shape index (κ3) is 3.94. The maximum Gasteiger partial charge on any atom is 0.319 e. The Labute approximate surface area is 129 Å². The van der Waals surface area contributed by atoms with Gasteiger partial charge in [0.15, 0.2) is 11.5 Å². The Morgan fingerprint density at radius 2 is 1.91 bits per heavy atom. The van der Waals surface area contributed by atoms with Crippen molar-refractivity contribution >= 4 is 11.7 Å². The fourth-order valence-electron chi connectivity index (χ4n) is 2.34. The molecule has 7 nitrogen and oxygen atoms in total. The zero-order chi connectivity index (χ0) is 15.9. The summed E-state index contributed by atoms with van der Waals surface area (Å²) in [5.74, 6) is 1.45. The van der Waals surface area contributed by atoms with Crippen LogP contribution in [0.4, 0.5) is 10.5 Å². The predicted octanol–water partition coefficient (Wildman–Crippen LogP) is 2.01. The number of hydrogen-bond acceptors (Lipinski definition) is 5. The third-order valence-corrected chi connectivity index (χ3v) is 3.44. The normalized spacial score (nSPS) is 17.0. The van der Waals surface area contributed by atoms with Gasteiger partial charge in [-0.3, -0.25) is 0 Å². The Bertz CT molecular complexity index is 490. The lowest BCUT2D eigenvalue weighted by Gasteiger charge is -2.15. The SMILES string of the molecule is COc1cc(NC(=O)NC[C@H]2CCCO2)cc(OC)c1OC. The topological polar surface area (TPSA) is 78.1 Å². The van der Waals surface area contributed by atoms with E-state index in [0.717, 1.165) is 19.4 Å². The second kappa shape index (κ2) is 7.74. The van der Waals surface area contributed by atoms with Crippen molar-refractivity contribution in [1.29, 1.82) is 0 Å². The van der Waals surface area contributed by atoms with Gasteiger partial charge >= 0.3 is 6.03 Å². The summed E-state index contributed by atoms with van der Waals surface area (Å²) < 4.78 is 21.2. The molecule has 1 aromatic rings. The summed E-state index contributed by atoms with van der Waals surface area (Å²) >= 11 is 0. The van der Waals surface area contributed by atoms with E-state index in [2.05, 4.69) is 10.6 Å². The molecule has 0 unspecified atom stereocenters. The second-order valence-electron chi connectivity index (χ2n) is 4.88. The molecule has 2 rings (SSSR count). The van der Waals surface area contributed by atoms with E-state index in [9.17, 15) is 4.79 Å². The molecule has 7 heteroatoms. The van der Waals surface area contributed by atoms with Crippen LogP contribution in [0.3, 0.4) is 0 Å². The summed E-state index contributed by atoms with van der Waals surface area (Å²) in [6.07, 6.45) is 2.12. The van der Waals surface area contributed by atoms with E-state index in [0.29, 0.717) is 29.5 Å². The van der Waals surface area contributed by atoms with Gasteiger partial charge in [0.05, 0.1) is 33.1 Å². The minimum absolute atomic E-state index is 0.102. The van der Waals surface area contributed by atoms with Gasteiger partial charge in [-0.05, 0) is 12.8 Å². The quantitative estimate of drug-likeness (QED) is 0.840. The van der Waals surface area contributed by atoms with Crippen LogP contribution in [0.2, 0.25) is 0 Å². The van der Waals surface area contributed by atoms with Crippen molar-refractivity contribution in [1.82, 2.24) is 5.32 Å². The molecule has 0 spiro atoms. The predicted molar refractivity (Wildman–Crippen MR) is 82.1 cm³/mol. The highest BCUT2D eigenvalue weighted by atomic mass is 16.5. The van der Waals surface area contributed by atoms with Crippen molar-refractivity contribution in [2.45, 2.75) is 18.9 Å². The van der Waals surface area contributed by atoms with Gasteiger partial charge in [-0.1, -0.05) is 0 Å². The monoisotopic (exact) mass is 310 g/mol. The van der Waals surface area contributed by atoms with Gasteiger partial charge in [0, 0.05) is 25.3 Å². The van der Waals surface area contributed by atoms with Crippen LogP contribution >= 0.6 is 0 Å². The zero-order valence-electron chi connectivity index (χ0n) is 13.1. The molecular formula is C15H22N2O5. The molecule has 1 heterocycles. The van der Waals surface area contributed by atoms with Crippen LogP contribution in [0.15, 0.2) is 12.1 Å². The van der Waals surface area contributed by atoms with Crippen molar-refractivity contribution in [3.05, 3.63) is 12.1 Å². The Hall–Kier alpha value is -2.15. The number of urea groups is 1. The number of rotatable bonds is 6. The Morgan fingerprint density at radius 3 is 2.41 bits per heavy atom. The summed E-state index contributed by atoms with van der Waals surface area (Å²) in [5, 5.41) is 5.53.